The lowest BCUT2D eigenvalue weighted by Gasteiger charge is -2.36. The van der Waals surface area contributed by atoms with Gasteiger partial charge in [0.2, 0.25) is 0 Å². The van der Waals surface area contributed by atoms with Gasteiger partial charge in [-0.1, -0.05) is 0 Å². The molecule has 0 bridgehead atoms. The molecule has 1 aromatic carbocycles. The number of nitro benzene ring substituents is 1. The summed E-state index contributed by atoms with van der Waals surface area (Å²) >= 11 is 0. The standard InChI is InChI=1S/C13H15N3O5/c17-12-6-21-11-5-10(16(19)20)8(4-9(11)15-12)14-7-13(18)2-1-3-13/h4-5,14,18H,1-3,6-7H2,(H,15,17). The van der Waals surface area contributed by atoms with E-state index in [1.165, 1.54) is 12.1 Å². The van der Waals surface area contributed by atoms with Crippen LogP contribution >= 0.6 is 0 Å². The Morgan fingerprint density at radius 1 is 1.48 bits per heavy atom. The molecule has 1 saturated carbocycles. The lowest BCUT2D eigenvalue weighted by molar-refractivity contribution is -0.384. The Bertz CT molecular complexity index is 612. The summed E-state index contributed by atoms with van der Waals surface area (Å²) in [4.78, 5) is 21.9. The molecule has 1 aliphatic carbocycles. The van der Waals surface area contributed by atoms with Gasteiger partial charge in [-0.3, -0.25) is 14.9 Å². The predicted molar refractivity (Wildman–Crippen MR) is 74.5 cm³/mol. The van der Waals surface area contributed by atoms with Crippen molar-refractivity contribution >= 4 is 23.0 Å². The first-order chi connectivity index (χ1) is 9.97. The largest absolute Gasteiger partial charge is 0.481 e. The van der Waals surface area contributed by atoms with Gasteiger partial charge in [0.25, 0.3) is 11.6 Å². The first kappa shape index (κ1) is 13.6. The van der Waals surface area contributed by atoms with Gasteiger partial charge in [0.05, 0.1) is 22.3 Å². The van der Waals surface area contributed by atoms with Crippen LogP contribution in [0.25, 0.3) is 0 Å². The van der Waals surface area contributed by atoms with Gasteiger partial charge in [-0.25, -0.2) is 0 Å². The van der Waals surface area contributed by atoms with Crippen molar-refractivity contribution in [2.24, 2.45) is 0 Å². The third-order valence-electron chi connectivity index (χ3n) is 3.82. The highest BCUT2D eigenvalue weighted by atomic mass is 16.6. The highest BCUT2D eigenvalue weighted by Crippen LogP contribution is 2.39. The Labute approximate surface area is 120 Å². The van der Waals surface area contributed by atoms with Gasteiger partial charge >= 0.3 is 0 Å². The number of nitrogens with zero attached hydrogens (tertiary/aromatic N) is 1. The molecule has 0 atom stereocenters. The number of rotatable bonds is 4. The number of nitrogens with one attached hydrogen (secondary N) is 2. The summed E-state index contributed by atoms with van der Waals surface area (Å²) < 4.78 is 5.17. The molecular weight excluding hydrogens is 278 g/mol. The van der Waals surface area contributed by atoms with E-state index in [1.807, 2.05) is 0 Å². The van der Waals surface area contributed by atoms with Crippen molar-refractivity contribution in [1.82, 2.24) is 0 Å². The lowest BCUT2D eigenvalue weighted by atomic mass is 9.80. The molecule has 8 heteroatoms. The van der Waals surface area contributed by atoms with Crippen molar-refractivity contribution in [3.63, 3.8) is 0 Å². The minimum absolute atomic E-state index is 0.146. The minimum Gasteiger partial charge on any atom is -0.481 e. The fourth-order valence-corrected chi connectivity index (χ4v) is 2.43. The van der Waals surface area contributed by atoms with Crippen LogP contribution in [0.2, 0.25) is 0 Å². The summed E-state index contributed by atoms with van der Waals surface area (Å²) in [6.45, 7) is 0.0815. The van der Waals surface area contributed by atoms with E-state index in [0.717, 1.165) is 6.42 Å². The van der Waals surface area contributed by atoms with Crippen molar-refractivity contribution in [1.29, 1.82) is 0 Å². The maximum absolute atomic E-state index is 11.3. The van der Waals surface area contributed by atoms with E-state index in [4.69, 9.17) is 4.74 Å². The molecule has 1 aliphatic heterocycles. The highest BCUT2D eigenvalue weighted by Gasteiger charge is 2.35. The monoisotopic (exact) mass is 293 g/mol. The Balaban J connectivity index is 1.87. The van der Waals surface area contributed by atoms with Crippen molar-refractivity contribution in [3.8, 4) is 5.75 Å². The molecule has 112 valence electrons. The van der Waals surface area contributed by atoms with E-state index >= 15 is 0 Å². The molecule has 8 nitrogen and oxygen atoms in total. The van der Waals surface area contributed by atoms with E-state index in [0.29, 0.717) is 18.5 Å². The number of hydrogen-bond donors (Lipinski definition) is 3. The molecule has 0 aromatic heterocycles. The predicted octanol–water partition coefficient (Wildman–Crippen LogP) is 1.25. The molecule has 1 amide bonds. The van der Waals surface area contributed by atoms with Crippen molar-refractivity contribution in [3.05, 3.63) is 22.2 Å². The van der Waals surface area contributed by atoms with Crippen LogP contribution in [0.4, 0.5) is 17.1 Å². The molecule has 0 radical (unpaired) electrons. The molecule has 0 saturated heterocycles. The Morgan fingerprint density at radius 2 is 2.24 bits per heavy atom. The number of anilines is 2. The van der Waals surface area contributed by atoms with Crippen LogP contribution in [0.5, 0.6) is 5.75 Å². The Hall–Kier alpha value is -2.35. The van der Waals surface area contributed by atoms with Crippen molar-refractivity contribution < 1.29 is 19.6 Å². The topological polar surface area (TPSA) is 114 Å². The smallest absolute Gasteiger partial charge is 0.296 e. The summed E-state index contributed by atoms with van der Waals surface area (Å²) in [6.07, 6.45) is 2.31. The zero-order valence-corrected chi connectivity index (χ0v) is 11.2. The molecule has 1 heterocycles. The van der Waals surface area contributed by atoms with Gasteiger partial charge in [0, 0.05) is 6.54 Å². The number of nitro groups is 1. The van der Waals surface area contributed by atoms with Crippen LogP contribution < -0.4 is 15.4 Å². The molecular formula is C13H15N3O5. The van der Waals surface area contributed by atoms with Crippen LogP contribution in [-0.4, -0.2) is 34.7 Å². The maximum atomic E-state index is 11.3. The zero-order chi connectivity index (χ0) is 15.0. The number of aliphatic hydroxyl groups is 1. The first-order valence-electron chi connectivity index (χ1n) is 6.68. The molecule has 1 fully saturated rings. The molecule has 3 rings (SSSR count). The van der Waals surface area contributed by atoms with Gasteiger partial charge in [-0.15, -0.1) is 0 Å². The van der Waals surface area contributed by atoms with Gasteiger partial charge < -0.3 is 20.5 Å². The Kier molecular flexibility index (Phi) is 3.17. The molecule has 1 aromatic rings. The van der Waals surface area contributed by atoms with Crippen LogP contribution in [0.15, 0.2) is 12.1 Å². The van der Waals surface area contributed by atoms with Crippen LogP contribution in [0.1, 0.15) is 19.3 Å². The number of fused-ring (bicyclic) bond motifs is 1. The number of amides is 1. The second kappa shape index (κ2) is 4.88. The van der Waals surface area contributed by atoms with Crippen LogP contribution in [-0.2, 0) is 4.79 Å². The molecule has 3 N–H and O–H groups in total. The zero-order valence-electron chi connectivity index (χ0n) is 11.2. The van der Waals surface area contributed by atoms with Gasteiger partial charge in [0.15, 0.2) is 12.4 Å². The maximum Gasteiger partial charge on any atom is 0.296 e. The second-order valence-corrected chi connectivity index (χ2v) is 5.39. The number of hydrogen-bond acceptors (Lipinski definition) is 6. The van der Waals surface area contributed by atoms with Gasteiger partial charge in [-0.05, 0) is 25.3 Å². The minimum atomic E-state index is -0.802. The molecule has 21 heavy (non-hydrogen) atoms. The van der Waals surface area contributed by atoms with Gasteiger partial charge in [0.1, 0.15) is 5.69 Å². The lowest BCUT2D eigenvalue weighted by Crippen LogP contribution is -2.43. The average Bonchev–Trinajstić information content (AvgIpc) is 2.41. The molecule has 0 spiro atoms. The molecule has 0 unspecified atom stereocenters. The first-order valence-corrected chi connectivity index (χ1v) is 6.68. The molecule has 2 aliphatic rings. The summed E-state index contributed by atoms with van der Waals surface area (Å²) in [7, 11) is 0. The normalized spacial score (nSPS) is 18.8. The summed E-state index contributed by atoms with van der Waals surface area (Å²) in [5, 5.41) is 26.7. The van der Waals surface area contributed by atoms with Crippen molar-refractivity contribution in [2.75, 3.05) is 23.8 Å². The number of ether oxygens (including phenoxy) is 1. The Morgan fingerprint density at radius 3 is 2.86 bits per heavy atom. The fraction of sp³-hybridized carbons (Fsp3) is 0.462. The summed E-state index contributed by atoms with van der Waals surface area (Å²) in [6, 6.07) is 2.74. The third-order valence-corrected chi connectivity index (χ3v) is 3.82. The van der Waals surface area contributed by atoms with E-state index in [1.54, 1.807) is 0 Å². The van der Waals surface area contributed by atoms with Crippen LogP contribution in [0, 0.1) is 10.1 Å². The highest BCUT2D eigenvalue weighted by molar-refractivity contribution is 5.96. The number of carbonyl (C=O) groups excluding carboxylic acids is 1. The van der Waals surface area contributed by atoms with Crippen molar-refractivity contribution in [2.45, 2.75) is 24.9 Å². The third kappa shape index (κ3) is 2.62. The number of carbonyl (C=O) groups is 1. The summed E-state index contributed by atoms with van der Waals surface area (Å²) in [5.41, 5.74) is -0.304. The van der Waals surface area contributed by atoms with Gasteiger partial charge in [-0.2, -0.15) is 0 Å². The SMILES string of the molecule is O=C1COc2cc([N+](=O)[O-])c(NCC3(O)CCC3)cc2N1. The van der Waals surface area contributed by atoms with Crippen LogP contribution in [0.3, 0.4) is 0 Å². The van der Waals surface area contributed by atoms with E-state index < -0.39 is 10.5 Å². The summed E-state index contributed by atoms with van der Waals surface area (Å²) in [5.74, 6) is -0.0332. The van der Waals surface area contributed by atoms with E-state index in [-0.39, 0.29) is 36.2 Å². The van der Waals surface area contributed by atoms with E-state index in [9.17, 15) is 20.0 Å². The second-order valence-electron chi connectivity index (χ2n) is 5.39. The fourth-order valence-electron chi connectivity index (χ4n) is 2.43. The quantitative estimate of drug-likeness (QED) is 0.568. The number of benzene rings is 1. The average molecular weight is 293 g/mol. The van der Waals surface area contributed by atoms with E-state index in [2.05, 4.69) is 10.6 Å².